The predicted molar refractivity (Wildman–Crippen MR) is 95.3 cm³/mol. The lowest BCUT2D eigenvalue weighted by Gasteiger charge is -2.36. The van der Waals surface area contributed by atoms with Crippen molar-refractivity contribution >= 4 is 34.1 Å². The number of hydrogen-bond acceptors (Lipinski definition) is 5. The molecule has 0 radical (unpaired) electrons. The summed E-state index contributed by atoms with van der Waals surface area (Å²) in [5.41, 5.74) is 7.08. The molecule has 0 aliphatic heterocycles. The molecule has 3 N–H and O–H groups in total. The number of carbonyl (C=O) groups excluding carboxylic acids is 3. The highest BCUT2D eigenvalue weighted by atomic mass is 32.1. The maximum absolute atomic E-state index is 11.9. The Kier molecular flexibility index (Phi) is 5.87. The summed E-state index contributed by atoms with van der Waals surface area (Å²) in [4.78, 5) is 35.4. The SMILES string of the molecule is CCC(C)(C)C1CCc2c(sc(NC(=O)CCC(=O)[O-])c2C(N)=O)C1. The Morgan fingerprint density at radius 2 is 2.00 bits per heavy atom. The number of primary amides is 1. The van der Waals surface area contributed by atoms with E-state index in [1.807, 2.05) is 0 Å². The van der Waals surface area contributed by atoms with E-state index in [0.29, 0.717) is 16.5 Å². The van der Waals surface area contributed by atoms with Crippen molar-refractivity contribution in [2.75, 3.05) is 5.32 Å². The van der Waals surface area contributed by atoms with Gasteiger partial charge in [0.05, 0.1) is 5.56 Å². The maximum atomic E-state index is 11.9. The molecule has 1 aromatic rings. The summed E-state index contributed by atoms with van der Waals surface area (Å²) < 4.78 is 0. The topological polar surface area (TPSA) is 112 Å². The third-order valence-electron chi connectivity index (χ3n) is 5.34. The summed E-state index contributed by atoms with van der Waals surface area (Å²) >= 11 is 1.39. The normalized spacial score (nSPS) is 17.0. The first-order valence-corrected chi connectivity index (χ1v) is 9.41. The highest BCUT2D eigenvalue weighted by Crippen LogP contribution is 2.45. The Bertz CT molecular complexity index is 693. The van der Waals surface area contributed by atoms with Gasteiger partial charge in [-0.05, 0) is 42.6 Å². The second-order valence-corrected chi connectivity index (χ2v) is 8.38. The largest absolute Gasteiger partial charge is 0.550 e. The van der Waals surface area contributed by atoms with Gasteiger partial charge in [-0.1, -0.05) is 27.2 Å². The van der Waals surface area contributed by atoms with Crippen molar-refractivity contribution in [2.45, 2.75) is 59.3 Å². The van der Waals surface area contributed by atoms with Gasteiger partial charge >= 0.3 is 0 Å². The van der Waals surface area contributed by atoms with Crippen LogP contribution in [0.25, 0.3) is 0 Å². The molecule has 138 valence electrons. The third kappa shape index (κ3) is 4.39. The van der Waals surface area contributed by atoms with Crippen LogP contribution in [0.3, 0.4) is 0 Å². The number of rotatable bonds is 7. The van der Waals surface area contributed by atoms with Crippen LogP contribution in [0.15, 0.2) is 0 Å². The van der Waals surface area contributed by atoms with E-state index in [4.69, 9.17) is 5.73 Å². The third-order valence-corrected chi connectivity index (χ3v) is 6.51. The molecule has 0 bridgehead atoms. The second kappa shape index (κ2) is 7.56. The molecule has 0 spiro atoms. The predicted octanol–water partition coefficient (Wildman–Crippen LogP) is 1.86. The van der Waals surface area contributed by atoms with Gasteiger partial charge in [0.25, 0.3) is 5.91 Å². The summed E-state index contributed by atoms with van der Waals surface area (Å²) in [6.07, 6.45) is 3.17. The number of hydrogen-bond donors (Lipinski definition) is 2. The van der Waals surface area contributed by atoms with Crippen LogP contribution < -0.4 is 16.2 Å². The molecule has 1 heterocycles. The second-order valence-electron chi connectivity index (χ2n) is 7.27. The van der Waals surface area contributed by atoms with E-state index in [1.54, 1.807) is 0 Å². The van der Waals surface area contributed by atoms with Crippen LogP contribution >= 0.6 is 11.3 Å². The number of anilines is 1. The average molecular weight is 365 g/mol. The van der Waals surface area contributed by atoms with Crippen molar-refractivity contribution in [3.8, 4) is 0 Å². The van der Waals surface area contributed by atoms with Gasteiger partial charge in [0, 0.05) is 17.3 Å². The lowest BCUT2D eigenvalue weighted by molar-refractivity contribution is -0.305. The van der Waals surface area contributed by atoms with Gasteiger partial charge in [0.1, 0.15) is 5.00 Å². The molecule has 0 saturated heterocycles. The fourth-order valence-corrected chi connectivity index (χ4v) is 4.64. The molecule has 1 aromatic heterocycles. The zero-order valence-corrected chi connectivity index (χ0v) is 15.8. The van der Waals surface area contributed by atoms with E-state index in [1.165, 1.54) is 11.3 Å². The van der Waals surface area contributed by atoms with E-state index in [2.05, 4.69) is 26.1 Å². The highest BCUT2D eigenvalue weighted by Gasteiger charge is 2.34. The molecule has 1 aliphatic rings. The van der Waals surface area contributed by atoms with Gasteiger partial charge in [-0.3, -0.25) is 9.59 Å². The lowest BCUT2D eigenvalue weighted by Crippen LogP contribution is -2.29. The van der Waals surface area contributed by atoms with Crippen LogP contribution in [0.4, 0.5) is 5.00 Å². The summed E-state index contributed by atoms with van der Waals surface area (Å²) in [6, 6.07) is 0. The number of nitrogens with two attached hydrogens (primary N) is 1. The number of amides is 2. The fourth-order valence-electron chi connectivity index (χ4n) is 3.30. The minimum absolute atomic E-state index is 0.186. The number of thiophene rings is 1. The van der Waals surface area contributed by atoms with Gasteiger partial charge in [0.2, 0.25) is 5.91 Å². The molecule has 2 amide bonds. The Balaban J connectivity index is 2.24. The minimum Gasteiger partial charge on any atom is -0.550 e. The molecule has 0 fully saturated rings. The van der Waals surface area contributed by atoms with E-state index in [-0.39, 0.29) is 18.3 Å². The smallest absolute Gasteiger partial charge is 0.251 e. The molecular weight excluding hydrogens is 340 g/mol. The van der Waals surface area contributed by atoms with Crippen LogP contribution in [0.1, 0.15) is 67.3 Å². The summed E-state index contributed by atoms with van der Waals surface area (Å²) in [5, 5.41) is 13.6. The van der Waals surface area contributed by atoms with Crippen molar-refractivity contribution in [3.05, 3.63) is 16.0 Å². The van der Waals surface area contributed by atoms with E-state index in [9.17, 15) is 19.5 Å². The number of carboxylic acid groups (broad SMARTS) is 1. The van der Waals surface area contributed by atoms with Gasteiger partial charge in [0.15, 0.2) is 0 Å². The summed E-state index contributed by atoms with van der Waals surface area (Å²) in [6.45, 7) is 6.70. The zero-order chi connectivity index (χ0) is 18.8. The molecule has 0 saturated carbocycles. The fraction of sp³-hybridized carbons (Fsp3) is 0.611. The van der Waals surface area contributed by atoms with E-state index < -0.39 is 17.8 Å². The van der Waals surface area contributed by atoms with Gasteiger partial charge in [-0.15, -0.1) is 11.3 Å². The first-order chi connectivity index (χ1) is 11.7. The molecular formula is C18H25N2O4S-. The van der Waals surface area contributed by atoms with Crippen LogP contribution in [-0.4, -0.2) is 17.8 Å². The first-order valence-electron chi connectivity index (χ1n) is 8.59. The number of aliphatic carboxylic acids is 1. The number of carboxylic acids is 1. The molecule has 0 aromatic carbocycles. The Morgan fingerprint density at radius 1 is 1.32 bits per heavy atom. The Morgan fingerprint density at radius 3 is 2.56 bits per heavy atom. The Hall–Kier alpha value is -1.89. The molecule has 7 heteroatoms. The number of carbonyl (C=O) groups is 3. The highest BCUT2D eigenvalue weighted by molar-refractivity contribution is 7.17. The quantitative estimate of drug-likeness (QED) is 0.768. The average Bonchev–Trinajstić information content (AvgIpc) is 2.89. The number of fused-ring (bicyclic) bond motifs is 1. The van der Waals surface area contributed by atoms with Crippen LogP contribution in [-0.2, 0) is 22.4 Å². The number of nitrogens with one attached hydrogen (secondary N) is 1. The molecule has 25 heavy (non-hydrogen) atoms. The summed E-state index contributed by atoms with van der Waals surface area (Å²) in [7, 11) is 0. The standard InChI is InChI=1S/C18H26N2O4S/c1-4-18(2,3)10-5-6-11-12(9-10)25-17(15(11)16(19)24)20-13(21)7-8-14(22)23/h10H,4-9H2,1-3H3,(H2,19,24)(H,20,21)(H,22,23)/p-1. The van der Waals surface area contributed by atoms with Gasteiger partial charge in [-0.25, -0.2) is 0 Å². The lowest BCUT2D eigenvalue weighted by atomic mass is 9.69. The maximum Gasteiger partial charge on any atom is 0.251 e. The Labute approximate surface area is 151 Å². The molecule has 1 unspecified atom stereocenters. The van der Waals surface area contributed by atoms with Gasteiger partial charge < -0.3 is 21.0 Å². The van der Waals surface area contributed by atoms with Crippen LogP contribution in [0.2, 0.25) is 0 Å². The summed E-state index contributed by atoms with van der Waals surface area (Å²) in [5.74, 6) is -1.76. The van der Waals surface area contributed by atoms with Crippen molar-refractivity contribution in [1.29, 1.82) is 0 Å². The monoisotopic (exact) mass is 365 g/mol. The van der Waals surface area contributed by atoms with Crippen molar-refractivity contribution in [3.63, 3.8) is 0 Å². The molecule has 1 atom stereocenters. The molecule has 1 aliphatic carbocycles. The van der Waals surface area contributed by atoms with Crippen molar-refractivity contribution in [1.82, 2.24) is 0 Å². The van der Waals surface area contributed by atoms with Crippen molar-refractivity contribution < 1.29 is 19.5 Å². The van der Waals surface area contributed by atoms with Crippen molar-refractivity contribution in [2.24, 2.45) is 17.1 Å². The van der Waals surface area contributed by atoms with Crippen LogP contribution in [0, 0.1) is 11.3 Å². The molecule has 6 nitrogen and oxygen atoms in total. The van der Waals surface area contributed by atoms with Gasteiger partial charge in [-0.2, -0.15) is 0 Å². The van der Waals surface area contributed by atoms with E-state index >= 15 is 0 Å². The van der Waals surface area contributed by atoms with Crippen LogP contribution in [0.5, 0.6) is 0 Å². The minimum atomic E-state index is -1.28. The van der Waals surface area contributed by atoms with E-state index in [0.717, 1.165) is 36.1 Å². The first kappa shape index (κ1) is 19.4. The zero-order valence-electron chi connectivity index (χ0n) is 14.9. The molecule has 2 rings (SSSR count).